The van der Waals surface area contributed by atoms with Crippen molar-refractivity contribution < 1.29 is 0 Å². The minimum atomic E-state index is -0.380. The Morgan fingerprint density at radius 3 is 1.87 bits per heavy atom. The van der Waals surface area contributed by atoms with E-state index in [2.05, 4.69) is 247 Å². The van der Waals surface area contributed by atoms with Crippen LogP contribution in [0.2, 0.25) is 0 Å². The van der Waals surface area contributed by atoms with Gasteiger partial charge in [0.05, 0.1) is 22.7 Å². The van der Waals surface area contributed by atoms with Crippen molar-refractivity contribution in [3.63, 3.8) is 0 Å². The monoisotopic (exact) mass is 805 g/mol. The van der Waals surface area contributed by atoms with Crippen LogP contribution in [0.25, 0.3) is 16.5 Å². The smallest absolute Gasteiger partial charge is 0.0545 e. The van der Waals surface area contributed by atoms with Crippen molar-refractivity contribution in [2.45, 2.75) is 73.1 Å². The molecule has 8 aromatic carbocycles. The van der Waals surface area contributed by atoms with E-state index in [-0.39, 0.29) is 10.8 Å². The third kappa shape index (κ3) is 6.09. The normalized spacial score (nSPS) is 14.5. The Labute approximate surface area is 368 Å². The number of anilines is 8. The maximum atomic E-state index is 2.58. The van der Waals surface area contributed by atoms with Gasteiger partial charge >= 0.3 is 0 Å². The summed E-state index contributed by atoms with van der Waals surface area (Å²) in [6, 6.07) is 61.3. The van der Waals surface area contributed by atoms with Crippen molar-refractivity contribution in [2.75, 3.05) is 14.7 Å². The van der Waals surface area contributed by atoms with Gasteiger partial charge in [0.15, 0.2) is 0 Å². The number of allylic oxidation sites excluding steroid dienone is 1. The molecule has 0 fully saturated rings. The number of hydrogen-bond donors (Lipinski definition) is 0. The molecule has 306 valence electrons. The topological polar surface area (TPSA) is 9.72 Å². The summed E-state index contributed by atoms with van der Waals surface area (Å²) in [5, 5.41) is 2.45. The summed E-state index contributed by atoms with van der Waals surface area (Å²) in [6.45, 7) is 20.7. The van der Waals surface area contributed by atoms with Gasteiger partial charge in [-0.2, -0.15) is 0 Å². The highest BCUT2D eigenvalue weighted by Crippen LogP contribution is 2.62. The molecule has 0 spiro atoms. The maximum Gasteiger partial charge on any atom is 0.0545 e. The van der Waals surface area contributed by atoms with E-state index < -0.39 is 0 Å². The molecule has 0 radical (unpaired) electrons. The van der Waals surface area contributed by atoms with Crippen LogP contribution in [0.1, 0.15) is 84.7 Å². The van der Waals surface area contributed by atoms with Crippen LogP contribution in [0.3, 0.4) is 0 Å². The Morgan fingerprint density at radius 2 is 1.11 bits per heavy atom. The van der Waals surface area contributed by atoms with Crippen LogP contribution < -0.4 is 14.7 Å². The van der Waals surface area contributed by atoms with Crippen LogP contribution in [0.4, 0.5) is 45.5 Å². The summed E-state index contributed by atoms with van der Waals surface area (Å²) >= 11 is 0. The van der Waals surface area contributed by atoms with E-state index >= 15 is 0 Å². The molecule has 0 amide bonds. The van der Waals surface area contributed by atoms with Crippen molar-refractivity contribution in [2.24, 2.45) is 0 Å². The highest BCUT2D eigenvalue weighted by atomic mass is 15.2. The van der Waals surface area contributed by atoms with Crippen LogP contribution in [-0.4, -0.2) is 0 Å². The predicted octanol–water partition coefficient (Wildman–Crippen LogP) is 16.5. The lowest BCUT2D eigenvalue weighted by molar-refractivity contribution is 0.597. The van der Waals surface area contributed by atoms with Crippen molar-refractivity contribution in [3.8, 4) is 0 Å². The average molecular weight is 806 g/mol. The summed E-state index contributed by atoms with van der Waals surface area (Å²) in [7, 11) is 0. The molecule has 2 aliphatic heterocycles. The molecule has 3 heteroatoms. The first-order chi connectivity index (χ1) is 29.9. The van der Waals surface area contributed by atoms with Gasteiger partial charge in [-0.1, -0.05) is 131 Å². The largest absolute Gasteiger partial charge is 0.310 e. The van der Waals surface area contributed by atoms with Crippen LogP contribution >= 0.6 is 0 Å². The zero-order chi connectivity index (χ0) is 43.1. The average Bonchev–Trinajstić information content (AvgIpc) is 3.27. The fourth-order valence-electron chi connectivity index (χ4n) is 10.3. The number of para-hydroxylation sites is 1. The van der Waals surface area contributed by atoms with Crippen molar-refractivity contribution in [1.29, 1.82) is 0 Å². The molecule has 2 aliphatic rings. The molecule has 0 unspecified atom stereocenters. The lowest BCUT2D eigenvalue weighted by atomic mass is 9.66. The third-order valence-corrected chi connectivity index (χ3v) is 13.8. The molecule has 2 heterocycles. The fraction of sp³-hybridized carbons (Fsp3) is 0.186. The van der Waals surface area contributed by atoms with Gasteiger partial charge in [-0.05, 0) is 151 Å². The second-order valence-electron chi connectivity index (χ2n) is 18.5. The van der Waals surface area contributed by atoms with Gasteiger partial charge in [0.2, 0.25) is 0 Å². The first-order valence-corrected chi connectivity index (χ1v) is 22.1. The molecule has 8 aromatic rings. The zero-order valence-electron chi connectivity index (χ0n) is 37.5. The first-order valence-electron chi connectivity index (χ1n) is 22.1. The van der Waals surface area contributed by atoms with Gasteiger partial charge in [-0.15, -0.1) is 0 Å². The Morgan fingerprint density at radius 1 is 0.484 bits per heavy atom. The third-order valence-electron chi connectivity index (χ3n) is 13.8. The zero-order valence-corrected chi connectivity index (χ0v) is 37.5. The van der Waals surface area contributed by atoms with Gasteiger partial charge in [0.25, 0.3) is 0 Å². The number of rotatable bonds is 7. The van der Waals surface area contributed by atoms with Crippen molar-refractivity contribution >= 4 is 62.0 Å². The Hall–Kier alpha value is -6.84. The highest BCUT2D eigenvalue weighted by Gasteiger charge is 2.46. The van der Waals surface area contributed by atoms with E-state index in [1.807, 2.05) is 0 Å². The molecule has 0 N–H and O–H groups in total. The number of nitrogens with zero attached hydrogens (tertiary/aromatic N) is 3. The quantitative estimate of drug-likeness (QED) is 0.159. The van der Waals surface area contributed by atoms with Gasteiger partial charge < -0.3 is 14.7 Å². The Bertz CT molecular complexity index is 3100. The predicted molar refractivity (Wildman–Crippen MR) is 265 cm³/mol. The summed E-state index contributed by atoms with van der Waals surface area (Å²) in [6.07, 6.45) is 2.27. The van der Waals surface area contributed by atoms with E-state index in [1.54, 1.807) is 0 Å². The summed E-state index contributed by atoms with van der Waals surface area (Å²) in [4.78, 5) is 7.54. The number of hydrogen-bond acceptors (Lipinski definition) is 3. The molecular formula is C59H55N3. The minimum absolute atomic E-state index is 0.272. The lowest BCUT2D eigenvalue weighted by Crippen LogP contribution is -2.38. The number of benzene rings is 8. The van der Waals surface area contributed by atoms with Crippen molar-refractivity contribution in [1.82, 2.24) is 0 Å². The minimum Gasteiger partial charge on any atom is -0.310 e. The van der Waals surface area contributed by atoms with E-state index in [0.29, 0.717) is 0 Å². The molecule has 0 aliphatic carbocycles. The van der Waals surface area contributed by atoms with Crippen LogP contribution in [0.15, 0.2) is 170 Å². The molecule has 0 bridgehead atoms. The lowest BCUT2D eigenvalue weighted by Gasteiger charge is -2.50. The van der Waals surface area contributed by atoms with Gasteiger partial charge in [-0.25, -0.2) is 0 Å². The molecule has 0 atom stereocenters. The SMILES string of the molecule is C/C=C(\c1ccccc1C)N(c1ccc(C)c(C)c1)c1ccc2c(c1)C(C)(C)c1cc(N(c3cccc(C)c3)c3cccc4ccccc34)cc3c1N2c1ccccc1C3(C)C. The van der Waals surface area contributed by atoms with Crippen molar-refractivity contribution in [3.05, 3.63) is 220 Å². The van der Waals surface area contributed by atoms with Crippen LogP contribution in [0.5, 0.6) is 0 Å². The van der Waals surface area contributed by atoms with E-state index in [9.17, 15) is 0 Å². The molecule has 0 aromatic heterocycles. The molecule has 62 heavy (non-hydrogen) atoms. The van der Waals surface area contributed by atoms with Gasteiger partial charge in [-0.3, -0.25) is 0 Å². The molecule has 0 saturated carbocycles. The number of aryl methyl sites for hydroxylation is 4. The Kier molecular flexibility index (Phi) is 9.30. The standard InChI is InChI=1S/C59H55N3/c1-10-53(47-24-13-11-20-40(47)4)60(44-30-29-39(3)41(5)34-44)45-31-32-56-50(35-45)59(8,9)52-37-46(36-51-57(52)62(56)55-27-16-15-26-49(55)58(51,6)7)61(43-23-17-19-38(2)33-43)54-28-18-22-42-21-12-14-25-48(42)54/h10-37H,1-9H3/b53-10+. The highest BCUT2D eigenvalue weighted by molar-refractivity contribution is 6.01. The Balaban J connectivity index is 1.25. The van der Waals surface area contributed by atoms with Gasteiger partial charge in [0, 0.05) is 50.2 Å². The van der Waals surface area contributed by atoms with Gasteiger partial charge in [0.1, 0.15) is 0 Å². The second-order valence-corrected chi connectivity index (χ2v) is 18.5. The summed E-state index contributed by atoms with van der Waals surface area (Å²) in [5.74, 6) is 0. The summed E-state index contributed by atoms with van der Waals surface area (Å²) < 4.78 is 0. The number of fused-ring (bicyclic) bond motifs is 5. The van der Waals surface area contributed by atoms with E-state index in [0.717, 1.165) is 22.7 Å². The van der Waals surface area contributed by atoms with Crippen LogP contribution in [0, 0.1) is 27.7 Å². The molecular weight excluding hydrogens is 751 g/mol. The van der Waals surface area contributed by atoms with E-state index in [1.165, 1.54) is 89.3 Å². The van der Waals surface area contributed by atoms with E-state index in [4.69, 9.17) is 0 Å². The second kappa shape index (κ2) is 14.7. The summed E-state index contributed by atoms with van der Waals surface area (Å²) in [5.41, 5.74) is 21.6. The van der Waals surface area contributed by atoms with Crippen LogP contribution in [-0.2, 0) is 10.8 Å². The molecule has 10 rings (SSSR count). The molecule has 0 saturated heterocycles. The first kappa shape index (κ1) is 39.3. The fourth-order valence-corrected chi connectivity index (χ4v) is 10.3. The maximum absolute atomic E-state index is 2.58. The molecule has 3 nitrogen and oxygen atoms in total.